The van der Waals surface area contributed by atoms with Gasteiger partial charge in [-0.2, -0.15) is 0 Å². The number of hydrogen-bond donors (Lipinski definition) is 3. The van der Waals surface area contributed by atoms with E-state index in [1.54, 1.807) is 25.1 Å². The molecule has 0 saturated carbocycles. The van der Waals surface area contributed by atoms with Gasteiger partial charge in [-0.15, -0.1) is 12.4 Å². The van der Waals surface area contributed by atoms with Gasteiger partial charge in [0.15, 0.2) is 0 Å². The molecule has 1 atom stereocenters. The second-order valence-electron chi connectivity index (χ2n) is 2.80. The molecule has 0 aliphatic heterocycles. The van der Waals surface area contributed by atoms with E-state index in [9.17, 15) is 5.11 Å². The van der Waals surface area contributed by atoms with Crippen molar-refractivity contribution >= 4 is 12.4 Å². The van der Waals surface area contributed by atoms with Crippen LogP contribution in [0.2, 0.25) is 0 Å². The molecule has 0 amide bonds. The summed E-state index contributed by atoms with van der Waals surface area (Å²) < 4.78 is 0. The van der Waals surface area contributed by atoms with Crippen LogP contribution in [0, 0.1) is 6.92 Å². The molecule has 1 aromatic carbocycles. The van der Waals surface area contributed by atoms with Gasteiger partial charge in [-0.25, -0.2) is 0 Å². The summed E-state index contributed by atoms with van der Waals surface area (Å²) in [7, 11) is 0. The highest BCUT2D eigenvalue weighted by molar-refractivity contribution is 5.85. The highest BCUT2D eigenvalue weighted by atomic mass is 35.5. The van der Waals surface area contributed by atoms with Crippen LogP contribution in [0.3, 0.4) is 0 Å². The average molecular weight is 204 g/mol. The van der Waals surface area contributed by atoms with Gasteiger partial charge in [-0.3, -0.25) is 0 Å². The Morgan fingerprint density at radius 1 is 1.46 bits per heavy atom. The third-order valence-electron chi connectivity index (χ3n) is 1.87. The zero-order valence-corrected chi connectivity index (χ0v) is 8.21. The Kier molecular flexibility index (Phi) is 4.77. The van der Waals surface area contributed by atoms with Crippen LogP contribution in [0.25, 0.3) is 0 Å². The van der Waals surface area contributed by atoms with E-state index in [0.29, 0.717) is 5.56 Å². The van der Waals surface area contributed by atoms with E-state index in [0.717, 1.165) is 5.56 Å². The maximum atomic E-state index is 9.51. The van der Waals surface area contributed by atoms with Crippen molar-refractivity contribution in [1.82, 2.24) is 0 Å². The molecule has 0 aliphatic rings. The lowest BCUT2D eigenvalue weighted by Gasteiger charge is -2.11. The number of para-hydroxylation sites is 1. The van der Waals surface area contributed by atoms with Crippen molar-refractivity contribution in [3.8, 4) is 5.75 Å². The molecular weight excluding hydrogens is 190 g/mol. The van der Waals surface area contributed by atoms with Crippen LogP contribution in [0.15, 0.2) is 18.2 Å². The summed E-state index contributed by atoms with van der Waals surface area (Å²) in [4.78, 5) is 0. The lowest BCUT2D eigenvalue weighted by molar-refractivity contribution is 0.265. The van der Waals surface area contributed by atoms with E-state index in [1.807, 2.05) is 0 Å². The molecule has 0 radical (unpaired) electrons. The number of hydrogen-bond acceptors (Lipinski definition) is 3. The number of aliphatic hydroxyl groups excluding tert-OH is 1. The lowest BCUT2D eigenvalue weighted by atomic mass is 10.0. The van der Waals surface area contributed by atoms with Gasteiger partial charge in [-0.05, 0) is 12.5 Å². The maximum Gasteiger partial charge on any atom is 0.123 e. The average Bonchev–Trinajstić information content (AvgIpc) is 2.08. The Morgan fingerprint density at radius 2 is 2.08 bits per heavy atom. The third-order valence-corrected chi connectivity index (χ3v) is 1.87. The van der Waals surface area contributed by atoms with E-state index < -0.39 is 6.04 Å². The van der Waals surface area contributed by atoms with Crippen LogP contribution in [-0.2, 0) is 0 Å². The number of aryl methyl sites for hydroxylation is 1. The second kappa shape index (κ2) is 5.07. The minimum Gasteiger partial charge on any atom is -0.507 e. The minimum absolute atomic E-state index is 0. The van der Waals surface area contributed by atoms with Gasteiger partial charge in [0.1, 0.15) is 5.75 Å². The van der Waals surface area contributed by atoms with Crippen molar-refractivity contribution in [2.45, 2.75) is 13.0 Å². The fraction of sp³-hybridized carbons (Fsp3) is 0.333. The monoisotopic (exact) mass is 203 g/mol. The molecule has 4 heteroatoms. The standard InChI is InChI=1S/C9H13NO2.ClH/c1-6-3-2-4-7(9(6)12)8(10)5-11;/h2-4,8,11-12H,5,10H2,1H3;1H/t8-;/m1./s1. The SMILES string of the molecule is Cc1cccc([C@H](N)CO)c1O.Cl. The molecule has 4 N–H and O–H groups in total. The topological polar surface area (TPSA) is 66.5 Å². The Labute approximate surface area is 83.6 Å². The molecule has 0 aliphatic carbocycles. The number of benzene rings is 1. The molecule has 0 fully saturated rings. The van der Waals surface area contributed by atoms with Crippen LogP contribution >= 0.6 is 12.4 Å². The van der Waals surface area contributed by atoms with Gasteiger partial charge < -0.3 is 15.9 Å². The summed E-state index contributed by atoms with van der Waals surface area (Å²) in [5, 5.41) is 18.3. The highest BCUT2D eigenvalue weighted by Crippen LogP contribution is 2.25. The fourth-order valence-corrected chi connectivity index (χ4v) is 1.08. The number of phenols is 1. The number of rotatable bonds is 2. The third kappa shape index (κ3) is 2.59. The molecule has 0 spiro atoms. The summed E-state index contributed by atoms with van der Waals surface area (Å²) in [5.74, 6) is 0.180. The van der Waals surface area contributed by atoms with Gasteiger partial charge in [0.25, 0.3) is 0 Å². The first-order chi connectivity index (χ1) is 5.66. The van der Waals surface area contributed by atoms with Crippen LogP contribution < -0.4 is 5.73 Å². The van der Waals surface area contributed by atoms with Crippen LogP contribution in [-0.4, -0.2) is 16.8 Å². The molecule has 0 aromatic heterocycles. The predicted molar refractivity (Wildman–Crippen MR) is 54.1 cm³/mol. The highest BCUT2D eigenvalue weighted by Gasteiger charge is 2.10. The Morgan fingerprint density at radius 3 is 2.62 bits per heavy atom. The van der Waals surface area contributed by atoms with Gasteiger partial charge in [0, 0.05) is 5.56 Å². The van der Waals surface area contributed by atoms with Gasteiger partial charge in [0.05, 0.1) is 12.6 Å². The first-order valence-electron chi connectivity index (χ1n) is 3.81. The summed E-state index contributed by atoms with van der Waals surface area (Å²) in [5.41, 5.74) is 6.92. The van der Waals surface area contributed by atoms with Crippen molar-refractivity contribution < 1.29 is 10.2 Å². The molecule has 0 heterocycles. The van der Waals surface area contributed by atoms with E-state index in [2.05, 4.69) is 0 Å². The molecule has 3 nitrogen and oxygen atoms in total. The van der Waals surface area contributed by atoms with Crippen LogP contribution in [0.4, 0.5) is 0 Å². The molecule has 0 unspecified atom stereocenters. The predicted octanol–water partition coefficient (Wildman–Crippen LogP) is 1.11. The second-order valence-corrected chi connectivity index (χ2v) is 2.80. The van der Waals surface area contributed by atoms with Crippen molar-refractivity contribution in [2.24, 2.45) is 5.73 Å². The van der Waals surface area contributed by atoms with E-state index in [1.165, 1.54) is 0 Å². The van der Waals surface area contributed by atoms with Crippen molar-refractivity contribution in [2.75, 3.05) is 6.61 Å². The molecule has 0 bridgehead atoms. The number of nitrogens with two attached hydrogens (primary N) is 1. The summed E-state index contributed by atoms with van der Waals surface area (Å²) in [6, 6.07) is 4.82. The maximum absolute atomic E-state index is 9.51. The Hall–Kier alpha value is -0.770. The minimum atomic E-state index is -0.495. The normalized spacial score (nSPS) is 11.9. The first kappa shape index (κ1) is 12.2. The zero-order valence-electron chi connectivity index (χ0n) is 7.40. The lowest BCUT2D eigenvalue weighted by Crippen LogP contribution is -2.14. The molecule has 1 aromatic rings. The Balaban J connectivity index is 0.00000144. The van der Waals surface area contributed by atoms with Crippen molar-refractivity contribution in [3.05, 3.63) is 29.3 Å². The molecule has 13 heavy (non-hydrogen) atoms. The quantitative estimate of drug-likeness (QED) is 0.675. The Bertz CT molecular complexity index is 278. The van der Waals surface area contributed by atoms with E-state index in [-0.39, 0.29) is 24.8 Å². The van der Waals surface area contributed by atoms with Crippen LogP contribution in [0.5, 0.6) is 5.75 Å². The largest absolute Gasteiger partial charge is 0.507 e. The fourth-order valence-electron chi connectivity index (χ4n) is 1.08. The number of phenolic OH excluding ortho intramolecular Hbond substituents is 1. The summed E-state index contributed by atoms with van der Waals surface area (Å²) >= 11 is 0. The number of halogens is 1. The van der Waals surface area contributed by atoms with Gasteiger partial charge in [0.2, 0.25) is 0 Å². The number of aromatic hydroxyl groups is 1. The number of aliphatic hydroxyl groups is 1. The molecular formula is C9H14ClNO2. The van der Waals surface area contributed by atoms with Crippen molar-refractivity contribution in [3.63, 3.8) is 0 Å². The van der Waals surface area contributed by atoms with Crippen LogP contribution in [0.1, 0.15) is 17.2 Å². The smallest absolute Gasteiger partial charge is 0.123 e. The molecule has 0 saturated heterocycles. The van der Waals surface area contributed by atoms with Gasteiger partial charge in [-0.1, -0.05) is 18.2 Å². The first-order valence-corrected chi connectivity index (χ1v) is 3.81. The van der Waals surface area contributed by atoms with E-state index in [4.69, 9.17) is 10.8 Å². The summed E-state index contributed by atoms with van der Waals surface area (Å²) in [6.07, 6.45) is 0. The molecule has 74 valence electrons. The van der Waals surface area contributed by atoms with E-state index >= 15 is 0 Å². The van der Waals surface area contributed by atoms with Crippen molar-refractivity contribution in [1.29, 1.82) is 0 Å². The molecule has 1 rings (SSSR count). The zero-order chi connectivity index (χ0) is 9.14. The van der Waals surface area contributed by atoms with Gasteiger partial charge >= 0.3 is 0 Å². The summed E-state index contributed by atoms with van der Waals surface area (Å²) in [6.45, 7) is 1.64.